The molecule has 20 heavy (non-hydrogen) atoms. The third kappa shape index (κ3) is 8.15. The van der Waals surface area contributed by atoms with Gasteiger partial charge in [0, 0.05) is 31.7 Å². The standard InChI is InChI=1S/C15H22ClNO3/c1-19-11-12-20-10-2-9-17-15(18)8-5-13-3-6-14(16)7-4-13/h3-4,6-7H,2,5,8-12H2,1H3,(H,17,18). The molecule has 1 amide bonds. The van der Waals surface area contributed by atoms with E-state index >= 15 is 0 Å². The minimum atomic E-state index is 0.0665. The van der Waals surface area contributed by atoms with Crippen LogP contribution in [0.3, 0.4) is 0 Å². The highest BCUT2D eigenvalue weighted by Crippen LogP contribution is 2.10. The highest BCUT2D eigenvalue weighted by atomic mass is 35.5. The highest BCUT2D eigenvalue weighted by Gasteiger charge is 2.01. The maximum Gasteiger partial charge on any atom is 0.220 e. The van der Waals surface area contributed by atoms with Crippen LogP contribution in [0.5, 0.6) is 0 Å². The van der Waals surface area contributed by atoms with Crippen molar-refractivity contribution in [3.05, 3.63) is 34.9 Å². The first kappa shape index (κ1) is 17.0. The van der Waals surface area contributed by atoms with Crippen LogP contribution >= 0.6 is 11.6 Å². The summed E-state index contributed by atoms with van der Waals surface area (Å²) in [5.74, 6) is 0.0665. The van der Waals surface area contributed by atoms with Crippen LogP contribution in [0.15, 0.2) is 24.3 Å². The summed E-state index contributed by atoms with van der Waals surface area (Å²) in [6, 6.07) is 7.57. The van der Waals surface area contributed by atoms with Gasteiger partial charge >= 0.3 is 0 Å². The van der Waals surface area contributed by atoms with Gasteiger partial charge in [-0.05, 0) is 30.5 Å². The Labute approximate surface area is 125 Å². The largest absolute Gasteiger partial charge is 0.382 e. The van der Waals surface area contributed by atoms with Crippen molar-refractivity contribution >= 4 is 17.5 Å². The Bertz CT molecular complexity index is 381. The van der Waals surface area contributed by atoms with Gasteiger partial charge in [-0.1, -0.05) is 23.7 Å². The number of halogens is 1. The maximum absolute atomic E-state index is 11.6. The lowest BCUT2D eigenvalue weighted by Crippen LogP contribution is -2.25. The summed E-state index contributed by atoms with van der Waals surface area (Å²) < 4.78 is 10.2. The van der Waals surface area contributed by atoms with Crippen LogP contribution in [0.2, 0.25) is 5.02 Å². The molecule has 0 spiro atoms. The van der Waals surface area contributed by atoms with Crippen LogP contribution in [-0.2, 0) is 20.7 Å². The molecule has 0 radical (unpaired) electrons. The van der Waals surface area contributed by atoms with E-state index in [1.165, 1.54) is 0 Å². The summed E-state index contributed by atoms with van der Waals surface area (Å²) in [6.07, 6.45) is 2.04. The zero-order valence-corrected chi connectivity index (χ0v) is 12.6. The first-order valence-electron chi connectivity index (χ1n) is 6.80. The molecule has 0 bridgehead atoms. The predicted octanol–water partition coefficient (Wildman–Crippen LogP) is 2.44. The minimum Gasteiger partial charge on any atom is -0.382 e. The van der Waals surface area contributed by atoms with E-state index in [-0.39, 0.29) is 5.91 Å². The van der Waals surface area contributed by atoms with Crippen LogP contribution in [0, 0.1) is 0 Å². The van der Waals surface area contributed by atoms with Crippen molar-refractivity contribution in [3.8, 4) is 0 Å². The van der Waals surface area contributed by atoms with Crippen molar-refractivity contribution in [1.29, 1.82) is 0 Å². The van der Waals surface area contributed by atoms with Gasteiger partial charge in [0.1, 0.15) is 0 Å². The smallest absolute Gasteiger partial charge is 0.220 e. The van der Waals surface area contributed by atoms with Crippen LogP contribution < -0.4 is 5.32 Å². The Balaban J connectivity index is 2.01. The summed E-state index contributed by atoms with van der Waals surface area (Å²) in [5.41, 5.74) is 1.12. The first-order valence-corrected chi connectivity index (χ1v) is 7.18. The number of hydrogen-bond donors (Lipinski definition) is 1. The van der Waals surface area contributed by atoms with E-state index in [1.54, 1.807) is 7.11 Å². The number of hydrogen-bond acceptors (Lipinski definition) is 3. The van der Waals surface area contributed by atoms with E-state index in [2.05, 4.69) is 5.32 Å². The molecular formula is C15H22ClNO3. The summed E-state index contributed by atoms with van der Waals surface area (Å²) in [7, 11) is 1.64. The SMILES string of the molecule is COCCOCCCNC(=O)CCc1ccc(Cl)cc1. The normalized spacial score (nSPS) is 10.5. The molecule has 1 aromatic carbocycles. The van der Waals surface area contributed by atoms with E-state index in [1.807, 2.05) is 24.3 Å². The molecule has 0 atom stereocenters. The van der Waals surface area contributed by atoms with Gasteiger partial charge < -0.3 is 14.8 Å². The molecule has 0 fully saturated rings. The molecule has 1 aromatic rings. The number of carbonyl (C=O) groups is 1. The van der Waals surface area contributed by atoms with Gasteiger partial charge in [0.25, 0.3) is 0 Å². The molecule has 112 valence electrons. The fraction of sp³-hybridized carbons (Fsp3) is 0.533. The number of benzene rings is 1. The number of aryl methyl sites for hydroxylation is 1. The molecule has 0 saturated carbocycles. The molecule has 0 aliphatic rings. The average molecular weight is 300 g/mol. The van der Waals surface area contributed by atoms with Gasteiger partial charge in [0.2, 0.25) is 5.91 Å². The van der Waals surface area contributed by atoms with Crippen LogP contribution in [0.4, 0.5) is 0 Å². The molecule has 0 saturated heterocycles. The minimum absolute atomic E-state index is 0.0665. The summed E-state index contributed by atoms with van der Waals surface area (Å²) in [6.45, 7) is 2.49. The van der Waals surface area contributed by atoms with Gasteiger partial charge in [-0.25, -0.2) is 0 Å². The fourth-order valence-corrected chi connectivity index (χ4v) is 1.77. The maximum atomic E-state index is 11.6. The second kappa shape index (κ2) is 10.7. The zero-order chi connectivity index (χ0) is 14.6. The Kier molecular flexibility index (Phi) is 9.04. The Hall–Kier alpha value is -1.10. The molecule has 0 aliphatic carbocycles. The quantitative estimate of drug-likeness (QED) is 0.675. The van der Waals surface area contributed by atoms with Gasteiger partial charge in [0.05, 0.1) is 13.2 Å². The number of rotatable bonds is 10. The third-order valence-corrected chi connectivity index (χ3v) is 3.03. The number of methoxy groups -OCH3 is 1. The van der Waals surface area contributed by atoms with Crippen molar-refractivity contribution in [3.63, 3.8) is 0 Å². The van der Waals surface area contributed by atoms with Crippen molar-refractivity contribution in [2.75, 3.05) is 33.5 Å². The Morgan fingerprint density at radius 2 is 1.95 bits per heavy atom. The lowest BCUT2D eigenvalue weighted by molar-refractivity contribution is -0.121. The number of amides is 1. The molecule has 0 aromatic heterocycles. The van der Waals surface area contributed by atoms with E-state index in [0.717, 1.165) is 18.4 Å². The number of ether oxygens (including phenoxy) is 2. The monoisotopic (exact) mass is 299 g/mol. The van der Waals surface area contributed by atoms with Crippen LogP contribution in [0.1, 0.15) is 18.4 Å². The molecule has 0 aliphatic heterocycles. The summed E-state index contributed by atoms with van der Waals surface area (Å²) >= 11 is 5.81. The van der Waals surface area contributed by atoms with E-state index in [0.29, 0.717) is 37.8 Å². The van der Waals surface area contributed by atoms with E-state index < -0.39 is 0 Å². The second-order valence-electron chi connectivity index (χ2n) is 4.44. The highest BCUT2D eigenvalue weighted by molar-refractivity contribution is 6.30. The summed E-state index contributed by atoms with van der Waals surface area (Å²) in [4.78, 5) is 11.6. The van der Waals surface area contributed by atoms with Crippen molar-refractivity contribution in [1.82, 2.24) is 5.32 Å². The predicted molar refractivity (Wildman–Crippen MR) is 80.1 cm³/mol. The van der Waals surface area contributed by atoms with E-state index in [9.17, 15) is 4.79 Å². The molecule has 5 heteroatoms. The van der Waals surface area contributed by atoms with Crippen molar-refractivity contribution < 1.29 is 14.3 Å². The zero-order valence-electron chi connectivity index (χ0n) is 11.9. The molecule has 4 nitrogen and oxygen atoms in total. The van der Waals surface area contributed by atoms with Gasteiger partial charge in [-0.3, -0.25) is 4.79 Å². The van der Waals surface area contributed by atoms with Crippen LogP contribution in [0.25, 0.3) is 0 Å². The molecule has 0 unspecified atom stereocenters. The number of carbonyl (C=O) groups excluding carboxylic acids is 1. The molecule has 0 heterocycles. The Morgan fingerprint density at radius 3 is 2.65 bits per heavy atom. The van der Waals surface area contributed by atoms with Gasteiger partial charge in [-0.2, -0.15) is 0 Å². The summed E-state index contributed by atoms with van der Waals surface area (Å²) in [5, 5.41) is 3.59. The Morgan fingerprint density at radius 1 is 1.20 bits per heavy atom. The van der Waals surface area contributed by atoms with Crippen molar-refractivity contribution in [2.24, 2.45) is 0 Å². The lowest BCUT2D eigenvalue weighted by Gasteiger charge is -2.06. The van der Waals surface area contributed by atoms with Crippen LogP contribution in [-0.4, -0.2) is 39.4 Å². The fourth-order valence-electron chi connectivity index (χ4n) is 1.64. The van der Waals surface area contributed by atoms with Crippen molar-refractivity contribution in [2.45, 2.75) is 19.3 Å². The third-order valence-electron chi connectivity index (χ3n) is 2.77. The van der Waals surface area contributed by atoms with Gasteiger partial charge in [-0.15, -0.1) is 0 Å². The lowest BCUT2D eigenvalue weighted by atomic mass is 10.1. The van der Waals surface area contributed by atoms with Gasteiger partial charge in [0.15, 0.2) is 0 Å². The first-order chi connectivity index (χ1) is 9.72. The topological polar surface area (TPSA) is 47.6 Å². The molecular weight excluding hydrogens is 278 g/mol. The second-order valence-corrected chi connectivity index (χ2v) is 4.87. The number of nitrogens with one attached hydrogen (secondary N) is 1. The van der Waals surface area contributed by atoms with E-state index in [4.69, 9.17) is 21.1 Å². The molecule has 1 rings (SSSR count). The molecule has 1 N–H and O–H groups in total. The average Bonchev–Trinajstić information content (AvgIpc) is 2.46.